The van der Waals surface area contributed by atoms with Gasteiger partial charge in [0.25, 0.3) is 5.91 Å². The van der Waals surface area contributed by atoms with E-state index < -0.39 is 0 Å². The average Bonchev–Trinajstić information content (AvgIpc) is 2.98. The number of carbonyl (C=O) groups is 2. The Bertz CT molecular complexity index is 960. The molecule has 2 aromatic carbocycles. The van der Waals surface area contributed by atoms with Gasteiger partial charge in [0.15, 0.2) is 0 Å². The predicted molar refractivity (Wildman–Crippen MR) is 130 cm³/mol. The third kappa shape index (κ3) is 6.57. The van der Waals surface area contributed by atoms with Gasteiger partial charge >= 0.3 is 0 Å². The van der Waals surface area contributed by atoms with Crippen LogP contribution < -0.4 is 5.32 Å². The Hall–Kier alpha value is -1.86. The molecule has 1 N–H and O–H groups in total. The standard InChI is InChI=1S/C22H20Cl2N2O2S2/c23-16-7-5-15(6-8-16)14-19-21(28)26(22(29)30-19)13-3-1-2-4-20(27)25-18-11-9-17(24)10-12-18/h5-12,14H,1-4,13H2,(H,25,27). The Morgan fingerprint density at radius 3 is 2.30 bits per heavy atom. The molecule has 0 spiro atoms. The van der Waals surface area contributed by atoms with E-state index in [4.69, 9.17) is 35.4 Å². The summed E-state index contributed by atoms with van der Waals surface area (Å²) in [5.41, 5.74) is 1.64. The number of rotatable bonds is 8. The van der Waals surface area contributed by atoms with E-state index in [1.54, 1.807) is 41.3 Å². The van der Waals surface area contributed by atoms with Crippen molar-refractivity contribution >= 4 is 75.1 Å². The second kappa shape index (κ2) is 11.0. The molecule has 30 heavy (non-hydrogen) atoms. The number of hydrogen-bond donors (Lipinski definition) is 1. The molecule has 1 aliphatic heterocycles. The number of unbranched alkanes of at least 4 members (excludes halogenated alkanes) is 2. The number of hydrogen-bond acceptors (Lipinski definition) is 4. The predicted octanol–water partition coefficient (Wildman–Crippen LogP) is 6.39. The van der Waals surface area contributed by atoms with Gasteiger partial charge in [0.1, 0.15) is 4.32 Å². The minimum Gasteiger partial charge on any atom is -0.326 e. The van der Waals surface area contributed by atoms with E-state index in [0.29, 0.717) is 32.2 Å². The van der Waals surface area contributed by atoms with Crippen LogP contribution in [0.5, 0.6) is 0 Å². The minimum absolute atomic E-state index is 0.0335. The van der Waals surface area contributed by atoms with Crippen molar-refractivity contribution in [3.8, 4) is 0 Å². The Morgan fingerprint density at radius 2 is 1.63 bits per heavy atom. The molecule has 2 aromatic rings. The van der Waals surface area contributed by atoms with Crippen molar-refractivity contribution in [1.29, 1.82) is 0 Å². The van der Waals surface area contributed by atoms with Crippen molar-refractivity contribution in [1.82, 2.24) is 4.90 Å². The van der Waals surface area contributed by atoms with Crippen LogP contribution in [0.2, 0.25) is 10.0 Å². The van der Waals surface area contributed by atoms with E-state index in [-0.39, 0.29) is 11.8 Å². The Labute approximate surface area is 195 Å². The fourth-order valence-corrected chi connectivity index (χ4v) is 4.45. The van der Waals surface area contributed by atoms with Crippen LogP contribution in [0, 0.1) is 0 Å². The number of amides is 2. The zero-order valence-corrected chi connectivity index (χ0v) is 19.2. The Balaban J connectivity index is 1.40. The summed E-state index contributed by atoms with van der Waals surface area (Å²) in [6.07, 6.45) is 4.62. The molecular weight excluding hydrogens is 459 g/mol. The molecule has 1 saturated heterocycles. The lowest BCUT2D eigenvalue weighted by Crippen LogP contribution is -2.29. The van der Waals surface area contributed by atoms with Crippen molar-refractivity contribution in [2.75, 3.05) is 11.9 Å². The van der Waals surface area contributed by atoms with Gasteiger partial charge in [-0.1, -0.05) is 65.7 Å². The fraction of sp³-hybridized carbons (Fsp3) is 0.227. The fourth-order valence-electron chi connectivity index (χ4n) is 2.89. The molecule has 1 fully saturated rings. The molecule has 2 amide bonds. The third-order valence-electron chi connectivity index (χ3n) is 4.45. The lowest BCUT2D eigenvalue weighted by Gasteiger charge is -2.14. The van der Waals surface area contributed by atoms with Crippen LogP contribution in [0.3, 0.4) is 0 Å². The molecule has 0 aliphatic carbocycles. The molecule has 4 nitrogen and oxygen atoms in total. The van der Waals surface area contributed by atoms with Crippen LogP contribution in [0.25, 0.3) is 6.08 Å². The zero-order chi connectivity index (χ0) is 21.5. The maximum Gasteiger partial charge on any atom is 0.266 e. The minimum atomic E-state index is -0.0690. The van der Waals surface area contributed by atoms with Gasteiger partial charge in [-0.15, -0.1) is 0 Å². The summed E-state index contributed by atoms with van der Waals surface area (Å²) in [4.78, 5) is 26.9. The summed E-state index contributed by atoms with van der Waals surface area (Å²) in [6.45, 7) is 0.557. The number of thioether (sulfide) groups is 1. The number of carbonyl (C=O) groups excluding carboxylic acids is 2. The topological polar surface area (TPSA) is 49.4 Å². The van der Waals surface area contributed by atoms with E-state index in [1.807, 2.05) is 18.2 Å². The molecule has 0 bridgehead atoms. The molecule has 0 atom stereocenters. The van der Waals surface area contributed by atoms with Crippen LogP contribution in [-0.2, 0) is 9.59 Å². The number of benzene rings is 2. The summed E-state index contributed by atoms with van der Waals surface area (Å²) in [7, 11) is 0. The van der Waals surface area contributed by atoms with Crippen molar-refractivity contribution < 1.29 is 9.59 Å². The highest BCUT2D eigenvalue weighted by atomic mass is 35.5. The SMILES string of the molecule is O=C(CCCCCN1C(=O)C(=Cc2ccc(Cl)cc2)SC1=S)Nc1ccc(Cl)cc1. The van der Waals surface area contributed by atoms with E-state index in [9.17, 15) is 9.59 Å². The van der Waals surface area contributed by atoms with Gasteiger partial charge in [0, 0.05) is 28.7 Å². The van der Waals surface area contributed by atoms with Gasteiger partial charge in [-0.05, 0) is 60.9 Å². The molecule has 1 heterocycles. The van der Waals surface area contributed by atoms with Gasteiger partial charge in [-0.25, -0.2) is 0 Å². The van der Waals surface area contributed by atoms with E-state index in [2.05, 4.69) is 5.32 Å². The maximum atomic E-state index is 12.6. The van der Waals surface area contributed by atoms with Crippen LogP contribution in [0.1, 0.15) is 31.2 Å². The van der Waals surface area contributed by atoms with E-state index in [0.717, 1.165) is 30.5 Å². The second-order valence-electron chi connectivity index (χ2n) is 6.75. The number of halogens is 2. The normalized spacial score (nSPS) is 15.1. The highest BCUT2D eigenvalue weighted by Crippen LogP contribution is 2.33. The number of nitrogens with one attached hydrogen (secondary N) is 1. The third-order valence-corrected chi connectivity index (χ3v) is 6.34. The van der Waals surface area contributed by atoms with Crippen molar-refractivity contribution in [2.45, 2.75) is 25.7 Å². The summed E-state index contributed by atoms with van der Waals surface area (Å²) in [6, 6.07) is 14.3. The van der Waals surface area contributed by atoms with Gasteiger partial charge in [-0.2, -0.15) is 0 Å². The van der Waals surface area contributed by atoms with Gasteiger partial charge in [-0.3, -0.25) is 14.5 Å². The molecule has 1 aliphatic rings. The average molecular weight is 479 g/mol. The number of nitrogens with zero attached hydrogens (tertiary/aromatic N) is 1. The van der Waals surface area contributed by atoms with Crippen LogP contribution >= 0.6 is 47.2 Å². The first-order valence-electron chi connectivity index (χ1n) is 9.49. The summed E-state index contributed by atoms with van der Waals surface area (Å²) < 4.78 is 0.570. The smallest absolute Gasteiger partial charge is 0.266 e. The van der Waals surface area contributed by atoms with E-state index in [1.165, 1.54) is 11.8 Å². The van der Waals surface area contributed by atoms with Crippen LogP contribution in [0.15, 0.2) is 53.4 Å². The summed E-state index contributed by atoms with van der Waals surface area (Å²) >= 11 is 18.4. The number of anilines is 1. The van der Waals surface area contributed by atoms with E-state index >= 15 is 0 Å². The first-order chi connectivity index (χ1) is 14.4. The quantitative estimate of drug-likeness (QED) is 0.271. The Morgan fingerprint density at radius 1 is 1.00 bits per heavy atom. The summed E-state index contributed by atoms with van der Waals surface area (Å²) in [5.74, 6) is -0.103. The summed E-state index contributed by atoms with van der Waals surface area (Å²) in [5, 5.41) is 4.13. The highest BCUT2D eigenvalue weighted by molar-refractivity contribution is 8.26. The lowest BCUT2D eigenvalue weighted by molar-refractivity contribution is -0.122. The lowest BCUT2D eigenvalue weighted by atomic mass is 10.1. The Kier molecular flexibility index (Phi) is 8.33. The van der Waals surface area contributed by atoms with Crippen LogP contribution in [0.4, 0.5) is 5.69 Å². The molecule has 8 heteroatoms. The van der Waals surface area contributed by atoms with Crippen LogP contribution in [-0.4, -0.2) is 27.6 Å². The van der Waals surface area contributed by atoms with Gasteiger partial charge in [0.2, 0.25) is 5.91 Å². The van der Waals surface area contributed by atoms with Gasteiger partial charge in [0.05, 0.1) is 4.91 Å². The van der Waals surface area contributed by atoms with Crippen molar-refractivity contribution in [3.63, 3.8) is 0 Å². The molecule has 0 saturated carbocycles. The molecule has 156 valence electrons. The van der Waals surface area contributed by atoms with Crippen molar-refractivity contribution in [2.24, 2.45) is 0 Å². The van der Waals surface area contributed by atoms with Gasteiger partial charge < -0.3 is 5.32 Å². The monoisotopic (exact) mass is 478 g/mol. The molecule has 0 aromatic heterocycles. The molecule has 0 unspecified atom stereocenters. The first kappa shape index (κ1) is 22.8. The second-order valence-corrected chi connectivity index (χ2v) is 9.30. The zero-order valence-electron chi connectivity index (χ0n) is 16.1. The maximum absolute atomic E-state index is 12.6. The largest absolute Gasteiger partial charge is 0.326 e. The molecule has 3 rings (SSSR count). The van der Waals surface area contributed by atoms with Crippen molar-refractivity contribution in [3.05, 3.63) is 69.0 Å². The molecular formula is C22H20Cl2N2O2S2. The number of thiocarbonyl (C=S) groups is 1. The molecule has 0 radical (unpaired) electrons. The highest BCUT2D eigenvalue weighted by Gasteiger charge is 2.31. The first-order valence-corrected chi connectivity index (χ1v) is 11.5.